The van der Waals surface area contributed by atoms with E-state index in [1.165, 1.54) is 12.1 Å². The van der Waals surface area contributed by atoms with Crippen molar-refractivity contribution in [2.75, 3.05) is 6.61 Å². The van der Waals surface area contributed by atoms with E-state index in [1.807, 2.05) is 0 Å². The number of rotatable bonds is 4. The molecule has 1 N–H and O–H groups in total. The van der Waals surface area contributed by atoms with Crippen molar-refractivity contribution in [1.29, 1.82) is 5.41 Å². The molecule has 0 aliphatic carbocycles. The Balaban J connectivity index is 2.56. The number of halogens is 3. The highest BCUT2D eigenvalue weighted by Gasteiger charge is 2.28. The van der Waals surface area contributed by atoms with Crippen molar-refractivity contribution in [1.82, 2.24) is 0 Å². The number of ether oxygens (including phenoxy) is 1. The van der Waals surface area contributed by atoms with Crippen molar-refractivity contribution in [2.24, 2.45) is 0 Å². The number of nitro groups is 1. The topological polar surface area (TPSA) is 76.2 Å². The second kappa shape index (κ2) is 6.75. The lowest BCUT2D eigenvalue weighted by Crippen LogP contribution is -2.21. The van der Waals surface area contributed by atoms with Crippen molar-refractivity contribution in [2.45, 2.75) is 3.79 Å². The van der Waals surface area contributed by atoms with Gasteiger partial charge in [0.15, 0.2) is 0 Å². The molecule has 19 heavy (non-hydrogen) atoms. The molecule has 1 aromatic rings. The van der Waals surface area contributed by atoms with Crippen LogP contribution in [0.1, 0.15) is 5.56 Å². The van der Waals surface area contributed by atoms with E-state index < -0.39 is 14.6 Å². The van der Waals surface area contributed by atoms with Crippen LogP contribution in [0.4, 0.5) is 5.69 Å². The molecule has 102 valence electrons. The molecule has 0 amide bonds. The van der Waals surface area contributed by atoms with Gasteiger partial charge in [-0.05, 0) is 11.6 Å². The molecule has 0 bridgehead atoms. The Morgan fingerprint density at radius 3 is 2.74 bits per heavy atom. The SMILES string of the molecule is N=C(OCC=Cc1cccc([N+](=O)[O-])c1)C(Cl)(Cl)Cl. The number of nitrogens with one attached hydrogen (secondary N) is 1. The molecule has 0 saturated heterocycles. The molecule has 5 nitrogen and oxygen atoms in total. The third kappa shape index (κ3) is 5.46. The van der Waals surface area contributed by atoms with E-state index in [2.05, 4.69) is 0 Å². The molecule has 1 rings (SSSR count). The highest BCUT2D eigenvalue weighted by atomic mass is 35.6. The normalized spacial score (nSPS) is 11.5. The highest BCUT2D eigenvalue weighted by Crippen LogP contribution is 2.27. The maximum Gasteiger partial charge on any atom is 0.270 e. The van der Waals surface area contributed by atoms with E-state index in [4.69, 9.17) is 44.9 Å². The number of hydrogen-bond donors (Lipinski definition) is 1. The standard InChI is InChI=1S/C11H9Cl3N2O3/c12-11(13,14)10(15)19-6-2-4-8-3-1-5-9(7-8)16(17)18/h1-5,7,15H,6H2. The molecule has 0 spiro atoms. The molecule has 0 atom stereocenters. The Morgan fingerprint density at radius 1 is 1.47 bits per heavy atom. The first kappa shape index (κ1) is 15.8. The second-order valence-corrected chi connectivity index (χ2v) is 5.67. The van der Waals surface area contributed by atoms with E-state index in [9.17, 15) is 10.1 Å². The monoisotopic (exact) mass is 322 g/mol. The predicted octanol–water partition coefficient (Wildman–Crippen LogP) is 3.97. The summed E-state index contributed by atoms with van der Waals surface area (Å²) in [5.41, 5.74) is 0.635. The first-order valence-corrected chi connectivity index (χ1v) is 6.13. The van der Waals surface area contributed by atoms with Gasteiger partial charge in [-0.25, -0.2) is 0 Å². The number of nitrogens with zero attached hydrogens (tertiary/aromatic N) is 1. The summed E-state index contributed by atoms with van der Waals surface area (Å²) < 4.78 is 2.98. The van der Waals surface area contributed by atoms with Crippen LogP contribution < -0.4 is 0 Å². The van der Waals surface area contributed by atoms with Crippen LogP contribution in [0.15, 0.2) is 30.3 Å². The molecule has 0 aliphatic heterocycles. The second-order valence-electron chi connectivity index (χ2n) is 3.39. The summed E-state index contributed by atoms with van der Waals surface area (Å²) in [5.74, 6) is -0.485. The van der Waals surface area contributed by atoms with Crippen LogP contribution in [0.25, 0.3) is 6.08 Å². The van der Waals surface area contributed by atoms with Gasteiger partial charge in [0.2, 0.25) is 5.90 Å². The van der Waals surface area contributed by atoms with Gasteiger partial charge < -0.3 is 4.74 Å². The molecule has 0 heterocycles. The van der Waals surface area contributed by atoms with E-state index in [1.54, 1.807) is 24.3 Å². The summed E-state index contributed by atoms with van der Waals surface area (Å²) in [6.07, 6.45) is 3.17. The van der Waals surface area contributed by atoms with Gasteiger partial charge >= 0.3 is 0 Å². The van der Waals surface area contributed by atoms with Gasteiger partial charge in [0.05, 0.1) is 4.92 Å². The fourth-order valence-corrected chi connectivity index (χ4v) is 1.30. The fourth-order valence-electron chi connectivity index (χ4n) is 1.14. The Kier molecular flexibility index (Phi) is 5.60. The van der Waals surface area contributed by atoms with Crippen LogP contribution in [-0.4, -0.2) is 21.2 Å². The average Bonchev–Trinajstić information content (AvgIpc) is 2.33. The molecular formula is C11H9Cl3N2O3. The van der Waals surface area contributed by atoms with E-state index in [-0.39, 0.29) is 12.3 Å². The van der Waals surface area contributed by atoms with Crippen LogP contribution in [0, 0.1) is 15.5 Å². The van der Waals surface area contributed by atoms with Gasteiger partial charge in [-0.3, -0.25) is 15.5 Å². The molecule has 0 radical (unpaired) electrons. The van der Waals surface area contributed by atoms with Crippen LogP contribution in [-0.2, 0) is 4.74 Å². The zero-order valence-electron chi connectivity index (χ0n) is 9.48. The summed E-state index contributed by atoms with van der Waals surface area (Å²) in [6.45, 7) is 0.0232. The van der Waals surface area contributed by atoms with Crippen molar-refractivity contribution >= 4 is 52.5 Å². The summed E-state index contributed by atoms with van der Waals surface area (Å²) in [6, 6.07) is 6.08. The largest absolute Gasteiger partial charge is 0.474 e. The minimum atomic E-state index is -1.89. The number of non-ortho nitro benzene ring substituents is 1. The Labute approximate surface area is 124 Å². The summed E-state index contributed by atoms with van der Waals surface area (Å²) in [4.78, 5) is 10.1. The van der Waals surface area contributed by atoms with Crippen LogP contribution in [0.2, 0.25) is 0 Å². The van der Waals surface area contributed by atoms with Crippen molar-refractivity contribution in [3.8, 4) is 0 Å². The molecule has 0 fully saturated rings. The number of nitro benzene ring substituents is 1. The summed E-state index contributed by atoms with van der Waals surface area (Å²) in [7, 11) is 0. The fraction of sp³-hybridized carbons (Fsp3) is 0.182. The first-order valence-electron chi connectivity index (χ1n) is 5.00. The molecule has 8 heteroatoms. The third-order valence-corrected chi connectivity index (χ3v) is 2.49. The minimum absolute atomic E-state index is 0.00268. The van der Waals surface area contributed by atoms with Gasteiger partial charge in [-0.1, -0.05) is 53.0 Å². The van der Waals surface area contributed by atoms with E-state index in [0.29, 0.717) is 5.56 Å². The molecule has 0 unspecified atom stereocenters. The Hall–Kier alpha value is -1.30. The highest BCUT2D eigenvalue weighted by molar-refractivity contribution is 6.76. The van der Waals surface area contributed by atoms with Crippen LogP contribution >= 0.6 is 34.8 Å². The molecule has 0 aliphatic rings. The first-order chi connectivity index (χ1) is 8.80. The minimum Gasteiger partial charge on any atom is -0.474 e. The van der Waals surface area contributed by atoms with Gasteiger partial charge in [0, 0.05) is 12.1 Å². The third-order valence-electron chi connectivity index (χ3n) is 1.97. The van der Waals surface area contributed by atoms with E-state index in [0.717, 1.165) is 0 Å². The van der Waals surface area contributed by atoms with Gasteiger partial charge in [0.25, 0.3) is 9.48 Å². The zero-order valence-corrected chi connectivity index (χ0v) is 11.7. The van der Waals surface area contributed by atoms with Crippen LogP contribution in [0.5, 0.6) is 0 Å². The molecule has 0 saturated carbocycles. The average molecular weight is 324 g/mol. The zero-order chi connectivity index (χ0) is 14.5. The molecular weight excluding hydrogens is 314 g/mol. The number of alkyl halides is 3. The van der Waals surface area contributed by atoms with Crippen molar-refractivity contribution in [3.05, 3.63) is 46.0 Å². The lowest BCUT2D eigenvalue weighted by molar-refractivity contribution is -0.384. The quantitative estimate of drug-likeness (QED) is 0.299. The number of hydrogen-bond acceptors (Lipinski definition) is 4. The predicted molar refractivity (Wildman–Crippen MR) is 76.1 cm³/mol. The maximum atomic E-state index is 10.6. The Morgan fingerprint density at radius 2 is 2.16 bits per heavy atom. The number of benzene rings is 1. The molecule has 1 aromatic carbocycles. The Bertz CT molecular complexity index is 512. The summed E-state index contributed by atoms with van der Waals surface area (Å²) >= 11 is 16.3. The van der Waals surface area contributed by atoms with Crippen LogP contribution in [0.3, 0.4) is 0 Å². The van der Waals surface area contributed by atoms with Crippen molar-refractivity contribution < 1.29 is 9.66 Å². The van der Waals surface area contributed by atoms with Gasteiger partial charge in [-0.2, -0.15) is 0 Å². The van der Waals surface area contributed by atoms with Gasteiger partial charge in [-0.15, -0.1) is 0 Å². The van der Waals surface area contributed by atoms with Crippen molar-refractivity contribution in [3.63, 3.8) is 0 Å². The molecule has 0 aromatic heterocycles. The summed E-state index contributed by atoms with van der Waals surface area (Å²) in [5, 5.41) is 17.8. The lowest BCUT2D eigenvalue weighted by atomic mass is 10.2. The maximum absolute atomic E-state index is 10.6. The lowest BCUT2D eigenvalue weighted by Gasteiger charge is -2.11. The smallest absolute Gasteiger partial charge is 0.270 e. The van der Waals surface area contributed by atoms with Gasteiger partial charge in [0.1, 0.15) is 6.61 Å². The van der Waals surface area contributed by atoms with E-state index >= 15 is 0 Å².